The summed E-state index contributed by atoms with van der Waals surface area (Å²) in [5, 5.41) is 2.13. The summed E-state index contributed by atoms with van der Waals surface area (Å²) in [5.41, 5.74) is -0.441. The molecule has 0 N–H and O–H groups in total. The topological polar surface area (TPSA) is 32.8 Å². The Bertz CT molecular complexity index is 481. The zero-order valence-corrected chi connectivity index (χ0v) is 15.2. The van der Waals surface area contributed by atoms with E-state index in [0.29, 0.717) is 6.04 Å². The van der Waals surface area contributed by atoms with Gasteiger partial charge in [0.2, 0.25) is 0 Å². The molecule has 0 radical (unpaired) electrons. The van der Waals surface area contributed by atoms with Crippen molar-refractivity contribution in [2.75, 3.05) is 20.1 Å². The fraction of sp³-hybridized carbons (Fsp3) is 0.706. The molecule has 1 aromatic rings. The van der Waals surface area contributed by atoms with Gasteiger partial charge in [-0.25, -0.2) is 4.79 Å². The number of hydrogen-bond donors (Lipinski definition) is 0. The van der Waals surface area contributed by atoms with Gasteiger partial charge < -0.3 is 9.64 Å². The predicted octanol–water partition coefficient (Wildman–Crippen LogP) is 4.14. The van der Waals surface area contributed by atoms with E-state index >= 15 is 0 Å². The van der Waals surface area contributed by atoms with E-state index in [2.05, 4.69) is 29.3 Å². The van der Waals surface area contributed by atoms with E-state index in [4.69, 9.17) is 4.74 Å². The Kier molecular flexibility index (Phi) is 5.50. The highest BCUT2D eigenvalue weighted by molar-refractivity contribution is 7.10. The standard InChI is InChI=1S/C17H28N2O2S/c1-13(15-9-7-11-22-15)19-10-6-8-14(12-19)18(5)16(20)21-17(2,3)4/h7,9,11,13-14H,6,8,10,12H2,1-5H3. The third-order valence-corrected chi connectivity index (χ3v) is 5.20. The molecule has 1 amide bonds. The first-order valence-electron chi connectivity index (χ1n) is 8.01. The van der Waals surface area contributed by atoms with Crippen LogP contribution in [0.2, 0.25) is 0 Å². The number of hydrogen-bond acceptors (Lipinski definition) is 4. The van der Waals surface area contributed by atoms with Crippen LogP contribution < -0.4 is 0 Å². The van der Waals surface area contributed by atoms with Gasteiger partial charge in [-0.15, -0.1) is 11.3 Å². The molecule has 0 bridgehead atoms. The van der Waals surface area contributed by atoms with Crippen molar-refractivity contribution in [1.82, 2.24) is 9.80 Å². The molecular weight excluding hydrogens is 296 g/mol. The summed E-state index contributed by atoms with van der Waals surface area (Å²) in [6.45, 7) is 9.98. The summed E-state index contributed by atoms with van der Waals surface area (Å²) in [6.07, 6.45) is 1.94. The van der Waals surface area contributed by atoms with Crippen LogP contribution in [-0.4, -0.2) is 47.7 Å². The van der Waals surface area contributed by atoms with Gasteiger partial charge in [0.15, 0.2) is 0 Å². The fourth-order valence-electron chi connectivity index (χ4n) is 2.84. The van der Waals surface area contributed by atoms with E-state index in [9.17, 15) is 4.79 Å². The number of nitrogens with zero attached hydrogens (tertiary/aromatic N) is 2. The summed E-state index contributed by atoms with van der Waals surface area (Å²) >= 11 is 1.80. The highest BCUT2D eigenvalue weighted by Crippen LogP contribution is 2.28. The van der Waals surface area contributed by atoms with Crippen LogP contribution in [0.15, 0.2) is 17.5 Å². The summed E-state index contributed by atoms with van der Waals surface area (Å²) in [7, 11) is 1.86. The van der Waals surface area contributed by atoms with E-state index in [0.717, 1.165) is 25.9 Å². The molecule has 22 heavy (non-hydrogen) atoms. The van der Waals surface area contributed by atoms with Crippen molar-refractivity contribution in [2.45, 2.75) is 58.2 Å². The maximum absolute atomic E-state index is 12.3. The maximum atomic E-state index is 12.3. The quantitative estimate of drug-likeness (QED) is 0.837. The largest absolute Gasteiger partial charge is 0.444 e. The van der Waals surface area contributed by atoms with Gasteiger partial charge in [0.1, 0.15) is 5.60 Å². The molecule has 1 aromatic heterocycles. The molecule has 0 spiro atoms. The van der Waals surface area contributed by atoms with Crippen LogP contribution in [0.1, 0.15) is 51.5 Å². The number of piperidine rings is 1. The second kappa shape index (κ2) is 7.01. The minimum Gasteiger partial charge on any atom is -0.444 e. The first kappa shape index (κ1) is 17.3. The predicted molar refractivity (Wildman–Crippen MR) is 91.3 cm³/mol. The number of amides is 1. The van der Waals surface area contributed by atoms with Crippen LogP contribution in [0.3, 0.4) is 0 Å². The first-order valence-corrected chi connectivity index (χ1v) is 8.89. The minimum atomic E-state index is -0.441. The average molecular weight is 324 g/mol. The molecule has 1 aliphatic heterocycles. The van der Waals surface area contributed by atoms with Crippen LogP contribution in [-0.2, 0) is 4.74 Å². The van der Waals surface area contributed by atoms with Crippen molar-refractivity contribution in [1.29, 1.82) is 0 Å². The van der Waals surface area contributed by atoms with Gasteiger partial charge in [-0.3, -0.25) is 4.90 Å². The summed E-state index contributed by atoms with van der Waals surface area (Å²) in [6, 6.07) is 4.93. The lowest BCUT2D eigenvalue weighted by Crippen LogP contribution is -2.50. The Balaban J connectivity index is 1.96. The normalized spacial score (nSPS) is 21.4. The van der Waals surface area contributed by atoms with E-state index in [1.807, 2.05) is 27.8 Å². The van der Waals surface area contributed by atoms with E-state index in [-0.39, 0.29) is 12.1 Å². The van der Waals surface area contributed by atoms with Crippen LogP contribution in [0, 0.1) is 0 Å². The Hall–Kier alpha value is -1.07. The van der Waals surface area contributed by atoms with Gasteiger partial charge >= 0.3 is 6.09 Å². The van der Waals surface area contributed by atoms with Crippen molar-refractivity contribution in [3.05, 3.63) is 22.4 Å². The monoisotopic (exact) mass is 324 g/mol. The SMILES string of the molecule is CC(c1cccs1)N1CCCC(N(C)C(=O)OC(C)(C)C)C1. The maximum Gasteiger partial charge on any atom is 0.410 e. The lowest BCUT2D eigenvalue weighted by Gasteiger charge is -2.40. The lowest BCUT2D eigenvalue weighted by molar-refractivity contribution is 0.0106. The van der Waals surface area contributed by atoms with Gasteiger partial charge in [-0.2, -0.15) is 0 Å². The third kappa shape index (κ3) is 4.46. The number of likely N-dealkylation sites (N-methyl/N-ethyl adjacent to an activating group) is 1. The molecule has 0 saturated carbocycles. The summed E-state index contributed by atoms with van der Waals surface area (Å²) < 4.78 is 5.49. The van der Waals surface area contributed by atoms with E-state index in [1.165, 1.54) is 4.88 Å². The number of thiophene rings is 1. The van der Waals surface area contributed by atoms with Crippen molar-refractivity contribution < 1.29 is 9.53 Å². The highest BCUT2D eigenvalue weighted by atomic mass is 32.1. The number of likely N-dealkylation sites (tertiary alicyclic amines) is 1. The Morgan fingerprint density at radius 3 is 2.82 bits per heavy atom. The molecule has 0 aromatic carbocycles. The molecule has 5 heteroatoms. The van der Waals surface area contributed by atoms with Crippen LogP contribution in [0.25, 0.3) is 0 Å². The first-order chi connectivity index (χ1) is 10.3. The molecular formula is C17H28N2O2S. The van der Waals surface area contributed by atoms with Crippen LogP contribution in [0.5, 0.6) is 0 Å². The second-order valence-corrected chi connectivity index (χ2v) is 8.05. The highest BCUT2D eigenvalue weighted by Gasteiger charge is 2.31. The number of rotatable bonds is 3. The Morgan fingerprint density at radius 1 is 1.50 bits per heavy atom. The van der Waals surface area contributed by atoms with Crippen molar-refractivity contribution in [3.63, 3.8) is 0 Å². The summed E-state index contributed by atoms with van der Waals surface area (Å²) in [5.74, 6) is 0. The second-order valence-electron chi connectivity index (χ2n) is 7.07. The van der Waals surface area contributed by atoms with Crippen molar-refractivity contribution in [3.8, 4) is 0 Å². The van der Waals surface area contributed by atoms with Crippen molar-refractivity contribution >= 4 is 17.4 Å². The lowest BCUT2D eigenvalue weighted by atomic mass is 10.0. The minimum absolute atomic E-state index is 0.219. The van der Waals surface area contributed by atoms with Crippen LogP contribution >= 0.6 is 11.3 Å². The molecule has 1 saturated heterocycles. The average Bonchev–Trinajstić information content (AvgIpc) is 2.98. The third-order valence-electron chi connectivity index (χ3n) is 4.16. The molecule has 0 aliphatic carbocycles. The van der Waals surface area contributed by atoms with E-state index in [1.54, 1.807) is 16.2 Å². The zero-order valence-electron chi connectivity index (χ0n) is 14.3. The molecule has 1 aliphatic rings. The van der Waals surface area contributed by atoms with Gasteiger partial charge in [-0.05, 0) is 58.5 Å². The van der Waals surface area contributed by atoms with Gasteiger partial charge in [0.25, 0.3) is 0 Å². The summed E-state index contributed by atoms with van der Waals surface area (Å²) in [4.78, 5) is 17.9. The number of carbonyl (C=O) groups excluding carboxylic acids is 1. The van der Waals surface area contributed by atoms with Crippen LogP contribution in [0.4, 0.5) is 4.79 Å². The number of carbonyl (C=O) groups is 1. The molecule has 4 nitrogen and oxygen atoms in total. The molecule has 2 unspecified atom stereocenters. The fourth-order valence-corrected chi connectivity index (χ4v) is 3.66. The van der Waals surface area contributed by atoms with Gasteiger partial charge in [0.05, 0.1) is 0 Å². The van der Waals surface area contributed by atoms with E-state index < -0.39 is 5.60 Å². The van der Waals surface area contributed by atoms with Crippen molar-refractivity contribution in [2.24, 2.45) is 0 Å². The molecule has 124 valence electrons. The smallest absolute Gasteiger partial charge is 0.410 e. The molecule has 2 atom stereocenters. The Labute approximate surface area is 138 Å². The molecule has 2 rings (SSSR count). The number of ether oxygens (including phenoxy) is 1. The van der Waals surface area contributed by atoms with Gasteiger partial charge in [0, 0.05) is 30.6 Å². The zero-order chi connectivity index (χ0) is 16.3. The molecule has 2 heterocycles. The van der Waals surface area contributed by atoms with Gasteiger partial charge in [-0.1, -0.05) is 6.07 Å². The molecule has 1 fully saturated rings. The Morgan fingerprint density at radius 2 is 2.23 bits per heavy atom.